The van der Waals surface area contributed by atoms with Crippen LogP contribution in [-0.2, 0) is 0 Å². The molecule has 112 valence electrons. The summed E-state index contributed by atoms with van der Waals surface area (Å²) >= 11 is 1.39. The molecule has 0 aliphatic heterocycles. The second-order valence-electron chi connectivity index (χ2n) is 6.29. The van der Waals surface area contributed by atoms with Gasteiger partial charge in [-0.2, -0.15) is 0 Å². The van der Waals surface area contributed by atoms with Gasteiger partial charge in [0.1, 0.15) is 4.88 Å². The van der Waals surface area contributed by atoms with Crippen LogP contribution in [0.25, 0.3) is 0 Å². The van der Waals surface area contributed by atoms with Crippen LogP contribution in [0.4, 0.5) is 10.7 Å². The number of hydrogen-bond donors (Lipinski definition) is 3. The van der Waals surface area contributed by atoms with Crippen molar-refractivity contribution in [3.63, 3.8) is 0 Å². The van der Waals surface area contributed by atoms with Gasteiger partial charge in [0.2, 0.25) is 0 Å². The van der Waals surface area contributed by atoms with Gasteiger partial charge < -0.3 is 21.7 Å². The lowest BCUT2D eigenvalue weighted by atomic mass is 10.0. The fourth-order valence-corrected chi connectivity index (χ4v) is 3.06. The fraction of sp³-hybridized carbons (Fsp3) is 0.643. The minimum Gasteiger partial charge on any atom is -0.397 e. The second-order valence-corrected chi connectivity index (χ2v) is 7.31. The largest absolute Gasteiger partial charge is 0.397 e. The maximum atomic E-state index is 11.5. The molecular formula is C14H24N4OS. The Hall–Kier alpha value is -1.27. The van der Waals surface area contributed by atoms with Crippen molar-refractivity contribution in [2.24, 2.45) is 5.73 Å². The molecule has 2 rings (SSSR count). The molecular weight excluding hydrogens is 272 g/mol. The Morgan fingerprint density at radius 3 is 2.50 bits per heavy atom. The van der Waals surface area contributed by atoms with Gasteiger partial charge in [0.15, 0.2) is 0 Å². The zero-order valence-corrected chi connectivity index (χ0v) is 13.4. The summed E-state index contributed by atoms with van der Waals surface area (Å²) in [7, 11) is 4.11. The number of hydrogen-bond acceptors (Lipinski definition) is 5. The first kappa shape index (κ1) is 15.1. The summed E-state index contributed by atoms with van der Waals surface area (Å²) in [5.41, 5.74) is 13.2. The number of anilines is 2. The zero-order valence-electron chi connectivity index (χ0n) is 12.6. The van der Waals surface area contributed by atoms with Crippen molar-refractivity contribution in [3.8, 4) is 0 Å². The third kappa shape index (κ3) is 2.91. The van der Waals surface area contributed by atoms with Crippen molar-refractivity contribution in [2.75, 3.05) is 31.7 Å². The first-order valence-electron chi connectivity index (χ1n) is 6.87. The number of primary amides is 1. The molecule has 6 heteroatoms. The summed E-state index contributed by atoms with van der Waals surface area (Å²) in [5, 5.41) is 4.47. The van der Waals surface area contributed by atoms with Crippen molar-refractivity contribution in [1.29, 1.82) is 0 Å². The molecule has 0 spiro atoms. The number of nitrogen functional groups attached to an aromatic ring is 1. The summed E-state index contributed by atoms with van der Waals surface area (Å²) in [6.45, 7) is 5.13. The van der Waals surface area contributed by atoms with E-state index in [9.17, 15) is 4.79 Å². The van der Waals surface area contributed by atoms with Crippen LogP contribution in [0.1, 0.15) is 47.8 Å². The Balaban J connectivity index is 2.23. The third-order valence-corrected chi connectivity index (χ3v) is 5.28. The quantitative estimate of drug-likeness (QED) is 0.750. The average Bonchev–Trinajstić information content (AvgIpc) is 3.11. The predicted octanol–water partition coefficient (Wildman–Crippen LogP) is 2.06. The monoisotopic (exact) mass is 296 g/mol. The van der Waals surface area contributed by atoms with E-state index in [1.54, 1.807) is 0 Å². The number of carbonyl (C=O) groups excluding carboxylic acids is 1. The summed E-state index contributed by atoms with van der Waals surface area (Å²) in [6, 6.07) is 0. The van der Waals surface area contributed by atoms with Gasteiger partial charge in [-0.05, 0) is 46.7 Å². The Labute approximate surface area is 124 Å². The van der Waals surface area contributed by atoms with Crippen LogP contribution in [0.15, 0.2) is 0 Å². The molecule has 1 heterocycles. The number of amides is 1. The molecule has 1 aliphatic carbocycles. The molecule has 1 aliphatic rings. The molecule has 5 nitrogen and oxygen atoms in total. The summed E-state index contributed by atoms with van der Waals surface area (Å²) < 4.78 is 0. The van der Waals surface area contributed by atoms with E-state index in [0.717, 1.165) is 30.0 Å². The van der Waals surface area contributed by atoms with E-state index in [1.165, 1.54) is 11.3 Å². The van der Waals surface area contributed by atoms with Crippen molar-refractivity contribution in [2.45, 2.75) is 38.1 Å². The van der Waals surface area contributed by atoms with Crippen LogP contribution in [0, 0.1) is 0 Å². The Kier molecular flexibility index (Phi) is 3.97. The lowest BCUT2D eigenvalue weighted by Gasteiger charge is -2.33. The minimum absolute atomic E-state index is 0.0203. The van der Waals surface area contributed by atoms with E-state index >= 15 is 0 Å². The van der Waals surface area contributed by atoms with Crippen LogP contribution in [0.2, 0.25) is 0 Å². The van der Waals surface area contributed by atoms with E-state index in [4.69, 9.17) is 11.5 Å². The smallest absolute Gasteiger partial charge is 0.260 e. The molecule has 1 saturated carbocycles. The molecule has 0 unspecified atom stereocenters. The van der Waals surface area contributed by atoms with Crippen molar-refractivity contribution < 1.29 is 4.79 Å². The number of carbonyl (C=O) groups is 1. The van der Waals surface area contributed by atoms with Gasteiger partial charge in [0.25, 0.3) is 5.91 Å². The van der Waals surface area contributed by atoms with Crippen molar-refractivity contribution >= 4 is 27.9 Å². The van der Waals surface area contributed by atoms with E-state index in [0.29, 0.717) is 16.5 Å². The Bertz CT molecular complexity index is 517. The van der Waals surface area contributed by atoms with E-state index < -0.39 is 5.91 Å². The summed E-state index contributed by atoms with van der Waals surface area (Å²) in [5.74, 6) is 0.0543. The average molecular weight is 296 g/mol. The lowest BCUT2D eigenvalue weighted by Crippen LogP contribution is -2.44. The number of thiophene rings is 1. The van der Waals surface area contributed by atoms with E-state index in [2.05, 4.69) is 38.2 Å². The van der Waals surface area contributed by atoms with Gasteiger partial charge in [0.05, 0.1) is 10.7 Å². The van der Waals surface area contributed by atoms with Gasteiger partial charge in [0, 0.05) is 17.6 Å². The second kappa shape index (κ2) is 5.26. The highest BCUT2D eigenvalue weighted by Gasteiger charge is 2.33. The number of nitrogens with two attached hydrogens (primary N) is 2. The standard InChI is InChI=1S/C14H24N4OS/c1-14(2,18(3)4)7-17-13-9(8-5-6-8)10(15)11(20-13)12(16)19/h8,17H,5-7,15H2,1-4H3,(H2,16,19). The molecule has 0 radical (unpaired) electrons. The molecule has 1 aromatic heterocycles. The minimum atomic E-state index is -0.436. The summed E-state index contributed by atoms with van der Waals surface area (Å²) in [6.07, 6.45) is 2.29. The lowest BCUT2D eigenvalue weighted by molar-refractivity contribution is 0.100. The van der Waals surface area contributed by atoms with Gasteiger partial charge in [-0.3, -0.25) is 4.79 Å². The SMILES string of the molecule is CN(C)C(C)(C)CNc1sc(C(N)=O)c(N)c1C1CC1. The maximum absolute atomic E-state index is 11.5. The van der Waals surface area contributed by atoms with Crippen LogP contribution in [0.5, 0.6) is 0 Å². The number of likely N-dealkylation sites (N-methyl/N-ethyl adjacent to an activating group) is 1. The maximum Gasteiger partial charge on any atom is 0.260 e. The van der Waals surface area contributed by atoms with Gasteiger partial charge in [-0.25, -0.2) is 0 Å². The molecule has 5 N–H and O–H groups in total. The topological polar surface area (TPSA) is 84.4 Å². The van der Waals surface area contributed by atoms with Gasteiger partial charge >= 0.3 is 0 Å². The van der Waals surface area contributed by atoms with E-state index in [1.807, 2.05) is 0 Å². The molecule has 0 saturated heterocycles. The van der Waals surface area contributed by atoms with Crippen molar-refractivity contribution in [3.05, 3.63) is 10.4 Å². The Morgan fingerprint density at radius 2 is 2.05 bits per heavy atom. The third-order valence-electron chi connectivity index (χ3n) is 4.09. The fourth-order valence-electron chi connectivity index (χ4n) is 2.00. The van der Waals surface area contributed by atoms with Crippen LogP contribution in [0.3, 0.4) is 0 Å². The van der Waals surface area contributed by atoms with Gasteiger partial charge in [-0.1, -0.05) is 0 Å². The summed E-state index contributed by atoms with van der Waals surface area (Å²) in [4.78, 5) is 14.1. The van der Waals surface area contributed by atoms with Gasteiger partial charge in [-0.15, -0.1) is 11.3 Å². The van der Waals surface area contributed by atoms with Crippen molar-refractivity contribution in [1.82, 2.24) is 4.90 Å². The Morgan fingerprint density at radius 1 is 1.45 bits per heavy atom. The van der Waals surface area contributed by atoms with Crippen LogP contribution < -0.4 is 16.8 Å². The first-order chi connectivity index (χ1) is 9.24. The molecule has 0 bridgehead atoms. The molecule has 0 atom stereocenters. The van der Waals surface area contributed by atoms with Crippen LogP contribution >= 0.6 is 11.3 Å². The predicted molar refractivity (Wildman–Crippen MR) is 85.5 cm³/mol. The highest BCUT2D eigenvalue weighted by atomic mass is 32.1. The molecule has 0 aromatic carbocycles. The molecule has 20 heavy (non-hydrogen) atoms. The highest BCUT2D eigenvalue weighted by molar-refractivity contribution is 7.18. The van der Waals surface area contributed by atoms with Crippen LogP contribution in [-0.4, -0.2) is 37.0 Å². The normalized spacial score (nSPS) is 15.7. The van der Waals surface area contributed by atoms with E-state index in [-0.39, 0.29) is 5.54 Å². The number of nitrogens with zero attached hydrogens (tertiary/aromatic N) is 1. The molecule has 1 amide bonds. The highest BCUT2D eigenvalue weighted by Crippen LogP contribution is 2.50. The number of rotatable bonds is 6. The first-order valence-corrected chi connectivity index (χ1v) is 7.69. The zero-order chi connectivity index (χ0) is 15.1. The number of nitrogens with one attached hydrogen (secondary N) is 1. The molecule has 1 aromatic rings. The molecule has 1 fully saturated rings.